The van der Waals surface area contributed by atoms with Crippen LogP contribution in [0.25, 0.3) is 0 Å². The highest BCUT2D eigenvalue weighted by molar-refractivity contribution is 5.81. The number of carbonyl (C=O) groups is 2. The van der Waals surface area contributed by atoms with E-state index in [9.17, 15) is 9.59 Å². The minimum Gasteiger partial charge on any atom is -0.369 e. The first kappa shape index (κ1) is 11.9. The van der Waals surface area contributed by atoms with Gasteiger partial charge in [0.25, 0.3) is 0 Å². The summed E-state index contributed by atoms with van der Waals surface area (Å²) in [6.45, 7) is 5.39. The molecular weight excluding hydrogens is 170 g/mol. The second kappa shape index (κ2) is 4.23. The second-order valence-corrected chi connectivity index (χ2v) is 3.75. The van der Waals surface area contributed by atoms with Crippen LogP contribution in [-0.4, -0.2) is 24.4 Å². The van der Waals surface area contributed by atoms with Gasteiger partial charge in [-0.1, -0.05) is 0 Å². The molecule has 0 spiro atoms. The summed E-state index contributed by atoms with van der Waals surface area (Å²) < 4.78 is 0. The molecule has 0 aromatic heterocycles. The van der Waals surface area contributed by atoms with Gasteiger partial charge in [-0.3, -0.25) is 9.59 Å². The molecule has 5 N–H and O–H groups in total. The van der Waals surface area contributed by atoms with Crippen LogP contribution in [0.15, 0.2) is 0 Å². The summed E-state index contributed by atoms with van der Waals surface area (Å²) in [6, 6.07) is -0.446. The van der Waals surface area contributed by atoms with Gasteiger partial charge in [0, 0.05) is 6.54 Å². The summed E-state index contributed by atoms with van der Waals surface area (Å²) in [4.78, 5) is 21.5. The Morgan fingerprint density at radius 1 is 1.38 bits per heavy atom. The van der Waals surface area contributed by atoms with Crippen LogP contribution in [0.3, 0.4) is 0 Å². The molecule has 0 fully saturated rings. The topological polar surface area (TPSA) is 98.2 Å². The maximum absolute atomic E-state index is 10.9. The average molecular weight is 187 g/mol. The smallest absolute Gasteiger partial charge is 0.234 e. The molecule has 0 aliphatic carbocycles. The first-order valence-corrected chi connectivity index (χ1v) is 4.10. The van der Waals surface area contributed by atoms with E-state index in [-0.39, 0.29) is 0 Å². The Morgan fingerprint density at radius 3 is 2.15 bits per heavy atom. The first-order valence-electron chi connectivity index (χ1n) is 4.10. The lowest BCUT2D eigenvalue weighted by Crippen LogP contribution is -2.47. The summed E-state index contributed by atoms with van der Waals surface area (Å²) in [5.41, 5.74) is 9.50. The van der Waals surface area contributed by atoms with Crippen LogP contribution in [0.4, 0.5) is 0 Å². The highest BCUT2D eigenvalue weighted by atomic mass is 16.2. The number of hydrogen-bond acceptors (Lipinski definition) is 3. The molecule has 0 saturated carbocycles. The van der Waals surface area contributed by atoms with E-state index < -0.39 is 23.3 Å². The van der Waals surface area contributed by atoms with Crippen LogP contribution >= 0.6 is 0 Å². The summed E-state index contributed by atoms with van der Waals surface area (Å²) in [5, 5.41) is 2.83. The minimum atomic E-state index is -0.663. The zero-order chi connectivity index (χ0) is 10.6. The lowest BCUT2D eigenvalue weighted by molar-refractivity contribution is -0.126. The van der Waals surface area contributed by atoms with E-state index in [1.165, 1.54) is 0 Å². The van der Waals surface area contributed by atoms with Gasteiger partial charge in [0.15, 0.2) is 0 Å². The van der Waals surface area contributed by atoms with E-state index in [0.717, 1.165) is 0 Å². The molecule has 1 unspecified atom stereocenters. The van der Waals surface area contributed by atoms with Gasteiger partial charge in [-0.2, -0.15) is 0 Å². The molecule has 5 nitrogen and oxygen atoms in total. The van der Waals surface area contributed by atoms with Gasteiger partial charge in [0.1, 0.15) is 0 Å². The van der Waals surface area contributed by atoms with Crippen LogP contribution in [0.2, 0.25) is 0 Å². The van der Waals surface area contributed by atoms with E-state index >= 15 is 0 Å². The van der Waals surface area contributed by atoms with Crippen LogP contribution < -0.4 is 16.8 Å². The number of amides is 2. The fourth-order valence-electron chi connectivity index (χ4n) is 0.596. The molecule has 0 bridgehead atoms. The zero-order valence-corrected chi connectivity index (χ0v) is 8.26. The summed E-state index contributed by atoms with van der Waals surface area (Å²) in [5.74, 6) is -0.850. The normalized spacial score (nSPS) is 13.8. The molecule has 0 heterocycles. The Kier molecular flexibility index (Phi) is 3.87. The number of nitrogens with two attached hydrogens (primary N) is 2. The fourth-order valence-corrected chi connectivity index (χ4v) is 0.596. The largest absolute Gasteiger partial charge is 0.369 e. The summed E-state index contributed by atoms with van der Waals surface area (Å²) >= 11 is 0. The molecule has 13 heavy (non-hydrogen) atoms. The Labute approximate surface area is 77.8 Å². The fraction of sp³-hybridized carbons (Fsp3) is 0.750. The standard InChI is InChI=1S/C8H17N3O2/c1-5(6(9)12)11-4-8(2,3)7(10)13/h5,11H,4H2,1-3H3,(H2,9,12)(H2,10,13). The third-order valence-corrected chi connectivity index (χ3v) is 1.94. The lowest BCUT2D eigenvalue weighted by Gasteiger charge is -2.22. The van der Waals surface area contributed by atoms with Gasteiger partial charge in [-0.15, -0.1) is 0 Å². The van der Waals surface area contributed by atoms with Crippen LogP contribution in [0, 0.1) is 5.41 Å². The first-order chi connectivity index (χ1) is 5.77. The van der Waals surface area contributed by atoms with Crippen molar-refractivity contribution in [2.24, 2.45) is 16.9 Å². The maximum atomic E-state index is 10.9. The second-order valence-electron chi connectivity index (χ2n) is 3.75. The SMILES string of the molecule is CC(NCC(C)(C)C(N)=O)C(N)=O. The monoisotopic (exact) mass is 187 g/mol. The molecule has 0 radical (unpaired) electrons. The Balaban J connectivity index is 4.02. The van der Waals surface area contributed by atoms with E-state index in [2.05, 4.69) is 5.32 Å². The van der Waals surface area contributed by atoms with Gasteiger partial charge < -0.3 is 16.8 Å². The van der Waals surface area contributed by atoms with Gasteiger partial charge in [-0.25, -0.2) is 0 Å². The molecule has 0 rings (SSSR count). The number of nitrogens with one attached hydrogen (secondary N) is 1. The predicted molar refractivity (Wildman–Crippen MR) is 49.6 cm³/mol. The van der Waals surface area contributed by atoms with E-state index in [1.807, 2.05) is 0 Å². The van der Waals surface area contributed by atoms with Crippen molar-refractivity contribution < 1.29 is 9.59 Å². The molecule has 0 aromatic carbocycles. The van der Waals surface area contributed by atoms with Crippen molar-refractivity contribution in [1.29, 1.82) is 0 Å². The highest BCUT2D eigenvalue weighted by Gasteiger charge is 2.25. The molecule has 5 heteroatoms. The molecule has 0 aliphatic heterocycles. The number of primary amides is 2. The van der Waals surface area contributed by atoms with Gasteiger partial charge in [0.2, 0.25) is 11.8 Å². The predicted octanol–water partition coefficient (Wildman–Crippen LogP) is -1.04. The van der Waals surface area contributed by atoms with Gasteiger partial charge in [-0.05, 0) is 20.8 Å². The van der Waals surface area contributed by atoms with Crippen LogP contribution in [0.1, 0.15) is 20.8 Å². The molecule has 0 saturated heterocycles. The van der Waals surface area contributed by atoms with E-state index in [1.54, 1.807) is 20.8 Å². The maximum Gasteiger partial charge on any atom is 0.234 e. The third kappa shape index (κ3) is 3.89. The Bertz CT molecular complexity index is 213. The van der Waals surface area contributed by atoms with Crippen molar-refractivity contribution >= 4 is 11.8 Å². The Morgan fingerprint density at radius 2 is 1.85 bits per heavy atom. The third-order valence-electron chi connectivity index (χ3n) is 1.94. The van der Waals surface area contributed by atoms with Crippen LogP contribution in [0.5, 0.6) is 0 Å². The Hall–Kier alpha value is -1.10. The summed E-state index contributed by atoms with van der Waals surface area (Å²) in [7, 11) is 0. The van der Waals surface area contributed by atoms with Crippen molar-refractivity contribution in [3.05, 3.63) is 0 Å². The van der Waals surface area contributed by atoms with Crippen molar-refractivity contribution in [1.82, 2.24) is 5.32 Å². The number of hydrogen-bond donors (Lipinski definition) is 3. The molecule has 0 aromatic rings. The zero-order valence-electron chi connectivity index (χ0n) is 8.26. The quantitative estimate of drug-likeness (QED) is 0.512. The lowest BCUT2D eigenvalue weighted by atomic mass is 9.92. The minimum absolute atomic E-state index is 0.340. The van der Waals surface area contributed by atoms with Crippen molar-refractivity contribution in [3.8, 4) is 0 Å². The summed E-state index contributed by atoms with van der Waals surface area (Å²) in [6.07, 6.45) is 0. The van der Waals surface area contributed by atoms with Gasteiger partial charge in [0.05, 0.1) is 11.5 Å². The van der Waals surface area contributed by atoms with E-state index in [4.69, 9.17) is 11.5 Å². The highest BCUT2D eigenvalue weighted by Crippen LogP contribution is 2.11. The number of carbonyl (C=O) groups excluding carboxylic acids is 2. The van der Waals surface area contributed by atoms with Crippen molar-refractivity contribution in [2.45, 2.75) is 26.8 Å². The molecule has 1 atom stereocenters. The number of rotatable bonds is 5. The molecule has 2 amide bonds. The molecule has 76 valence electrons. The molecule has 0 aliphatic rings. The average Bonchev–Trinajstić information content (AvgIpc) is 1.99. The van der Waals surface area contributed by atoms with Gasteiger partial charge >= 0.3 is 0 Å². The van der Waals surface area contributed by atoms with Crippen molar-refractivity contribution in [3.63, 3.8) is 0 Å². The molecular formula is C8H17N3O2. The van der Waals surface area contributed by atoms with Crippen LogP contribution in [-0.2, 0) is 9.59 Å². The van der Waals surface area contributed by atoms with E-state index in [0.29, 0.717) is 6.54 Å². The van der Waals surface area contributed by atoms with Crippen molar-refractivity contribution in [2.75, 3.05) is 6.54 Å².